The van der Waals surface area contributed by atoms with Gasteiger partial charge < -0.3 is 0 Å². The van der Waals surface area contributed by atoms with E-state index in [2.05, 4.69) is 39.7 Å². The van der Waals surface area contributed by atoms with Gasteiger partial charge in [-0.2, -0.15) is 0 Å². The molecule has 1 aromatic carbocycles. The number of allylic oxidation sites excluding steroid dienone is 2. The topological polar surface area (TPSA) is 40.5 Å². The summed E-state index contributed by atoms with van der Waals surface area (Å²) in [5.74, 6) is 0.379. The van der Waals surface area contributed by atoms with Crippen molar-refractivity contribution in [2.24, 2.45) is 17.3 Å². The molecule has 0 aromatic heterocycles. The average Bonchev–Trinajstić information content (AvgIpc) is 2.67. The molecule has 3 nitrogen and oxygen atoms in total. The van der Waals surface area contributed by atoms with Crippen molar-refractivity contribution in [2.45, 2.75) is 52.9 Å². The van der Waals surface area contributed by atoms with Crippen molar-refractivity contribution >= 4 is 5.91 Å². The smallest absolute Gasteiger partial charge is 0.246 e. The molecule has 1 aliphatic carbocycles. The predicted molar refractivity (Wildman–Crippen MR) is 116 cm³/mol. The molecular weight excluding hydrogens is 346 g/mol. The first-order valence-corrected chi connectivity index (χ1v) is 10.2. The fourth-order valence-corrected chi connectivity index (χ4v) is 4.25. The summed E-state index contributed by atoms with van der Waals surface area (Å²) in [6.45, 7) is 18.9. The van der Waals surface area contributed by atoms with Gasteiger partial charge in [0.1, 0.15) is 0 Å². The molecular formula is C25H35NO2. The molecule has 1 fully saturated rings. The van der Waals surface area contributed by atoms with Gasteiger partial charge in [0.2, 0.25) is 5.91 Å². The van der Waals surface area contributed by atoms with Crippen LogP contribution in [0.5, 0.6) is 0 Å². The summed E-state index contributed by atoms with van der Waals surface area (Å²) in [6.07, 6.45) is 5.93. The van der Waals surface area contributed by atoms with Crippen LogP contribution in [0.3, 0.4) is 0 Å². The van der Waals surface area contributed by atoms with E-state index in [9.17, 15) is 10.0 Å². The maximum atomic E-state index is 12.3. The van der Waals surface area contributed by atoms with Gasteiger partial charge in [-0.15, -0.1) is 6.58 Å². The van der Waals surface area contributed by atoms with Crippen LogP contribution in [-0.4, -0.2) is 22.7 Å². The molecule has 1 saturated carbocycles. The molecule has 0 saturated heterocycles. The van der Waals surface area contributed by atoms with E-state index in [-0.39, 0.29) is 23.8 Å². The highest BCUT2D eigenvalue weighted by Gasteiger charge is 2.39. The van der Waals surface area contributed by atoms with Crippen LogP contribution in [0.25, 0.3) is 0 Å². The van der Waals surface area contributed by atoms with E-state index in [4.69, 9.17) is 0 Å². The Balaban J connectivity index is 1.89. The minimum atomic E-state index is -0.259. The number of hydrogen-bond donors (Lipinski definition) is 1. The second-order valence-corrected chi connectivity index (χ2v) is 8.68. The SMILES string of the molecule is C=C[C@]1(C)CC[C@@H](C(=C)CN(O)C(=O)CCc2ccc(C)cc2)C[C@H]1C(=C)C. The average molecular weight is 382 g/mol. The van der Waals surface area contributed by atoms with Crippen LogP contribution in [-0.2, 0) is 11.2 Å². The van der Waals surface area contributed by atoms with Crippen molar-refractivity contribution in [3.8, 4) is 0 Å². The first kappa shape index (κ1) is 22.2. The summed E-state index contributed by atoms with van der Waals surface area (Å²) in [5, 5.41) is 11.1. The van der Waals surface area contributed by atoms with Crippen molar-refractivity contribution in [3.63, 3.8) is 0 Å². The molecule has 28 heavy (non-hydrogen) atoms. The van der Waals surface area contributed by atoms with Crippen molar-refractivity contribution < 1.29 is 10.0 Å². The van der Waals surface area contributed by atoms with Gasteiger partial charge in [-0.25, -0.2) is 5.06 Å². The van der Waals surface area contributed by atoms with Gasteiger partial charge in [0.25, 0.3) is 0 Å². The fourth-order valence-electron chi connectivity index (χ4n) is 4.25. The lowest BCUT2D eigenvalue weighted by Crippen LogP contribution is -2.36. The van der Waals surface area contributed by atoms with Crippen LogP contribution >= 0.6 is 0 Å². The van der Waals surface area contributed by atoms with Gasteiger partial charge >= 0.3 is 0 Å². The molecule has 3 atom stereocenters. The molecule has 1 N–H and O–H groups in total. The molecule has 3 heteroatoms. The number of rotatable bonds is 8. The minimum Gasteiger partial charge on any atom is -0.286 e. The number of amides is 1. The predicted octanol–water partition coefficient (Wildman–Crippen LogP) is 5.89. The molecule has 1 aromatic rings. The van der Waals surface area contributed by atoms with Gasteiger partial charge in [-0.05, 0) is 62.3 Å². The Hall–Kier alpha value is -2.13. The van der Waals surface area contributed by atoms with Gasteiger partial charge in [0.15, 0.2) is 0 Å². The Morgan fingerprint density at radius 2 is 1.96 bits per heavy atom. The molecule has 0 heterocycles. The third kappa shape index (κ3) is 5.45. The van der Waals surface area contributed by atoms with E-state index in [1.54, 1.807) is 0 Å². The Morgan fingerprint density at radius 1 is 1.32 bits per heavy atom. The largest absolute Gasteiger partial charge is 0.286 e. The van der Waals surface area contributed by atoms with Crippen molar-refractivity contribution in [3.05, 3.63) is 72.4 Å². The first-order valence-electron chi connectivity index (χ1n) is 10.2. The van der Waals surface area contributed by atoms with Gasteiger partial charge in [0, 0.05) is 6.42 Å². The molecule has 152 valence electrons. The van der Waals surface area contributed by atoms with Gasteiger partial charge in [-0.1, -0.05) is 67.1 Å². The van der Waals surface area contributed by atoms with E-state index < -0.39 is 0 Å². The van der Waals surface area contributed by atoms with Crippen LogP contribution in [0.1, 0.15) is 50.7 Å². The molecule has 0 spiro atoms. The molecule has 0 aliphatic heterocycles. The van der Waals surface area contributed by atoms with Crippen LogP contribution in [0, 0.1) is 24.2 Å². The van der Waals surface area contributed by atoms with Crippen LogP contribution in [0.2, 0.25) is 0 Å². The number of carbonyl (C=O) groups excluding carboxylic acids is 1. The lowest BCUT2D eigenvalue weighted by Gasteiger charge is -2.44. The van der Waals surface area contributed by atoms with Crippen molar-refractivity contribution in [2.75, 3.05) is 6.54 Å². The molecule has 0 radical (unpaired) electrons. The number of aryl methyl sites for hydroxylation is 2. The summed E-state index contributed by atoms with van der Waals surface area (Å²) < 4.78 is 0. The summed E-state index contributed by atoms with van der Waals surface area (Å²) in [6, 6.07) is 8.13. The van der Waals surface area contributed by atoms with Crippen LogP contribution in [0.15, 0.2) is 61.2 Å². The summed E-state index contributed by atoms with van der Waals surface area (Å²) in [5.41, 5.74) is 4.44. The standard InChI is InChI=1S/C25H35NO2/c1-7-25(6)15-14-22(16-23(25)18(2)3)20(5)17-26(28)24(27)13-12-21-10-8-19(4)9-11-21/h7-11,22-23,28H,1-2,5,12-17H2,3-4,6H3/t22-,23+,25-/m1/s1. The maximum Gasteiger partial charge on any atom is 0.246 e. The zero-order chi connectivity index (χ0) is 20.9. The molecule has 0 unspecified atom stereocenters. The molecule has 1 amide bonds. The second kappa shape index (κ2) is 9.38. The number of nitrogens with zero attached hydrogens (tertiary/aromatic N) is 1. The lowest BCUT2D eigenvalue weighted by molar-refractivity contribution is -0.163. The molecule has 1 aliphatic rings. The Kier molecular flexibility index (Phi) is 7.42. The number of hydroxylamine groups is 2. The van der Waals surface area contributed by atoms with Gasteiger partial charge in [-0.3, -0.25) is 10.0 Å². The third-order valence-electron chi connectivity index (χ3n) is 6.38. The highest BCUT2D eigenvalue weighted by atomic mass is 16.5. The maximum absolute atomic E-state index is 12.3. The second-order valence-electron chi connectivity index (χ2n) is 8.68. The van der Waals surface area contributed by atoms with Crippen molar-refractivity contribution in [1.82, 2.24) is 5.06 Å². The van der Waals surface area contributed by atoms with Gasteiger partial charge in [0.05, 0.1) is 6.54 Å². The summed E-state index contributed by atoms with van der Waals surface area (Å²) in [4.78, 5) is 12.3. The van der Waals surface area contributed by atoms with Crippen LogP contribution < -0.4 is 0 Å². The Bertz CT molecular complexity index is 733. The van der Waals surface area contributed by atoms with Crippen LogP contribution in [0.4, 0.5) is 0 Å². The summed E-state index contributed by atoms with van der Waals surface area (Å²) >= 11 is 0. The van der Waals surface area contributed by atoms with E-state index in [1.807, 2.05) is 31.2 Å². The lowest BCUT2D eigenvalue weighted by atomic mass is 9.61. The quantitative estimate of drug-likeness (QED) is 0.347. The summed E-state index contributed by atoms with van der Waals surface area (Å²) in [7, 11) is 0. The third-order valence-corrected chi connectivity index (χ3v) is 6.38. The first-order chi connectivity index (χ1) is 13.2. The van der Waals surface area contributed by atoms with E-state index in [1.165, 1.54) is 5.56 Å². The van der Waals surface area contributed by atoms with E-state index in [0.717, 1.165) is 41.0 Å². The van der Waals surface area contributed by atoms with E-state index >= 15 is 0 Å². The normalized spacial score (nSPS) is 24.4. The fraction of sp³-hybridized carbons (Fsp3) is 0.480. The Labute approximate surface area is 170 Å². The van der Waals surface area contributed by atoms with E-state index in [0.29, 0.717) is 18.8 Å². The molecule has 2 rings (SSSR count). The monoisotopic (exact) mass is 381 g/mol. The highest BCUT2D eigenvalue weighted by Crippen LogP contribution is 2.48. The number of hydrogen-bond acceptors (Lipinski definition) is 2. The molecule has 0 bridgehead atoms. The zero-order valence-electron chi connectivity index (χ0n) is 17.7. The zero-order valence-corrected chi connectivity index (χ0v) is 17.7. The Morgan fingerprint density at radius 3 is 2.54 bits per heavy atom. The highest BCUT2D eigenvalue weighted by molar-refractivity contribution is 5.75. The number of benzene rings is 1. The minimum absolute atomic E-state index is 0.0609. The van der Waals surface area contributed by atoms with Crippen molar-refractivity contribution in [1.29, 1.82) is 0 Å². The number of carbonyl (C=O) groups is 1.